The summed E-state index contributed by atoms with van der Waals surface area (Å²) in [5.74, 6) is -0.410. The molecule has 0 aliphatic carbocycles. The number of nitrogens with zero attached hydrogens (tertiary/aromatic N) is 1. The van der Waals surface area contributed by atoms with Crippen LogP contribution in [0.25, 0.3) is 0 Å². The van der Waals surface area contributed by atoms with Crippen molar-refractivity contribution in [1.29, 1.82) is 0 Å². The van der Waals surface area contributed by atoms with Crippen molar-refractivity contribution in [3.8, 4) is 5.88 Å². The van der Waals surface area contributed by atoms with E-state index in [0.717, 1.165) is 5.56 Å². The van der Waals surface area contributed by atoms with Crippen LogP contribution in [-0.2, 0) is 6.42 Å². The zero-order chi connectivity index (χ0) is 9.90. The minimum Gasteiger partial charge on any atom is -0.388 e. The summed E-state index contributed by atoms with van der Waals surface area (Å²) in [5.41, 5.74) is 0.759. The maximum Gasteiger partial charge on any atom is 0.574 e. The van der Waals surface area contributed by atoms with Crippen molar-refractivity contribution < 1.29 is 17.9 Å². The molecular formula is C8H8F3NO. The van der Waals surface area contributed by atoms with E-state index in [1.807, 2.05) is 6.92 Å². The topological polar surface area (TPSA) is 22.1 Å². The molecule has 0 amide bonds. The van der Waals surface area contributed by atoms with E-state index in [0.29, 0.717) is 6.42 Å². The van der Waals surface area contributed by atoms with Gasteiger partial charge in [-0.25, -0.2) is 4.98 Å². The molecular weight excluding hydrogens is 183 g/mol. The van der Waals surface area contributed by atoms with Gasteiger partial charge in [-0.1, -0.05) is 6.92 Å². The SMILES string of the molecule is CCc1ccnc(OC(F)(F)F)c1. The Morgan fingerprint density at radius 1 is 1.46 bits per heavy atom. The van der Waals surface area contributed by atoms with E-state index in [2.05, 4.69) is 9.72 Å². The number of rotatable bonds is 2. The molecule has 0 fully saturated rings. The van der Waals surface area contributed by atoms with Gasteiger partial charge in [0.15, 0.2) is 0 Å². The Labute approximate surface area is 73.4 Å². The van der Waals surface area contributed by atoms with Crippen LogP contribution in [0.5, 0.6) is 5.88 Å². The fraction of sp³-hybridized carbons (Fsp3) is 0.375. The summed E-state index contributed by atoms with van der Waals surface area (Å²) in [6, 6.07) is 2.91. The lowest BCUT2D eigenvalue weighted by Crippen LogP contribution is -2.17. The zero-order valence-corrected chi connectivity index (χ0v) is 6.93. The standard InChI is InChI=1S/C8H8F3NO/c1-2-6-3-4-12-7(5-6)13-8(9,10)11/h3-5H,2H2,1H3. The molecule has 0 atom stereocenters. The fourth-order valence-electron chi connectivity index (χ4n) is 0.845. The first-order chi connectivity index (χ1) is 6.01. The van der Waals surface area contributed by atoms with Crippen LogP contribution in [0.3, 0.4) is 0 Å². The summed E-state index contributed by atoms with van der Waals surface area (Å²) in [5, 5.41) is 0. The highest BCUT2D eigenvalue weighted by atomic mass is 19.4. The monoisotopic (exact) mass is 191 g/mol. The molecule has 72 valence electrons. The summed E-state index contributed by atoms with van der Waals surface area (Å²) in [6.07, 6.45) is -2.73. The van der Waals surface area contributed by atoms with Crippen LogP contribution in [0.4, 0.5) is 13.2 Å². The van der Waals surface area contributed by atoms with Crippen LogP contribution >= 0.6 is 0 Å². The Kier molecular flexibility index (Phi) is 2.75. The quantitative estimate of drug-likeness (QED) is 0.716. The largest absolute Gasteiger partial charge is 0.574 e. The summed E-state index contributed by atoms with van der Waals surface area (Å²) in [4.78, 5) is 3.43. The average molecular weight is 191 g/mol. The van der Waals surface area contributed by atoms with Crippen LogP contribution in [0.1, 0.15) is 12.5 Å². The second-order valence-electron chi connectivity index (χ2n) is 2.40. The van der Waals surface area contributed by atoms with Crippen molar-refractivity contribution in [2.75, 3.05) is 0 Å². The van der Waals surface area contributed by atoms with Crippen molar-refractivity contribution in [2.24, 2.45) is 0 Å². The molecule has 1 aromatic heterocycles. The highest BCUT2D eigenvalue weighted by Crippen LogP contribution is 2.21. The molecule has 0 aromatic carbocycles. The minimum absolute atomic E-state index is 0.410. The van der Waals surface area contributed by atoms with E-state index < -0.39 is 12.2 Å². The summed E-state index contributed by atoms with van der Waals surface area (Å²) >= 11 is 0. The van der Waals surface area contributed by atoms with Crippen molar-refractivity contribution in [2.45, 2.75) is 19.7 Å². The molecule has 0 unspecified atom stereocenters. The number of hydrogen-bond acceptors (Lipinski definition) is 2. The third-order valence-electron chi connectivity index (χ3n) is 1.43. The van der Waals surface area contributed by atoms with E-state index in [9.17, 15) is 13.2 Å². The molecule has 2 nitrogen and oxygen atoms in total. The lowest BCUT2D eigenvalue weighted by molar-refractivity contribution is -0.276. The van der Waals surface area contributed by atoms with Gasteiger partial charge < -0.3 is 4.74 Å². The molecule has 0 spiro atoms. The van der Waals surface area contributed by atoms with Crippen molar-refractivity contribution in [1.82, 2.24) is 4.98 Å². The van der Waals surface area contributed by atoms with Gasteiger partial charge in [-0.05, 0) is 18.1 Å². The predicted molar refractivity (Wildman–Crippen MR) is 40.3 cm³/mol. The Hall–Kier alpha value is -1.26. The van der Waals surface area contributed by atoms with Gasteiger partial charge in [0.1, 0.15) is 0 Å². The van der Waals surface area contributed by atoms with E-state index >= 15 is 0 Å². The second-order valence-corrected chi connectivity index (χ2v) is 2.40. The van der Waals surface area contributed by atoms with Gasteiger partial charge in [0.2, 0.25) is 5.88 Å². The zero-order valence-electron chi connectivity index (χ0n) is 6.93. The van der Waals surface area contributed by atoms with Crippen LogP contribution in [0, 0.1) is 0 Å². The average Bonchev–Trinajstić information content (AvgIpc) is 2.01. The van der Waals surface area contributed by atoms with Gasteiger partial charge in [-0.2, -0.15) is 0 Å². The van der Waals surface area contributed by atoms with Gasteiger partial charge in [0, 0.05) is 12.3 Å². The van der Waals surface area contributed by atoms with E-state index in [4.69, 9.17) is 0 Å². The fourth-order valence-corrected chi connectivity index (χ4v) is 0.845. The molecule has 5 heteroatoms. The number of aryl methyl sites for hydroxylation is 1. The predicted octanol–water partition coefficient (Wildman–Crippen LogP) is 2.54. The Bertz CT molecular complexity index is 285. The normalized spacial score (nSPS) is 11.4. The molecule has 0 aliphatic rings. The number of ether oxygens (including phenoxy) is 1. The van der Waals surface area contributed by atoms with Gasteiger partial charge in [-0.3, -0.25) is 0 Å². The first-order valence-corrected chi connectivity index (χ1v) is 3.72. The van der Waals surface area contributed by atoms with Crippen molar-refractivity contribution in [3.63, 3.8) is 0 Å². The molecule has 0 radical (unpaired) electrons. The summed E-state index contributed by atoms with van der Waals surface area (Å²) in [6.45, 7) is 1.84. The van der Waals surface area contributed by atoms with Gasteiger partial charge >= 0.3 is 6.36 Å². The van der Waals surface area contributed by atoms with E-state index in [1.54, 1.807) is 6.07 Å². The highest BCUT2D eigenvalue weighted by molar-refractivity contribution is 5.20. The maximum absolute atomic E-state index is 11.7. The number of pyridine rings is 1. The van der Waals surface area contributed by atoms with Gasteiger partial charge in [0.05, 0.1) is 0 Å². The molecule has 1 heterocycles. The van der Waals surface area contributed by atoms with E-state index in [-0.39, 0.29) is 0 Å². The van der Waals surface area contributed by atoms with Crippen LogP contribution in [-0.4, -0.2) is 11.3 Å². The van der Waals surface area contributed by atoms with Gasteiger partial charge in [0.25, 0.3) is 0 Å². The molecule has 0 aliphatic heterocycles. The van der Waals surface area contributed by atoms with Gasteiger partial charge in [-0.15, -0.1) is 13.2 Å². The molecule has 0 saturated carbocycles. The maximum atomic E-state index is 11.7. The first kappa shape index (κ1) is 9.83. The van der Waals surface area contributed by atoms with Crippen molar-refractivity contribution >= 4 is 0 Å². The lowest BCUT2D eigenvalue weighted by atomic mass is 10.2. The number of aromatic nitrogens is 1. The molecule has 0 N–H and O–H groups in total. The Balaban J connectivity index is 2.78. The summed E-state index contributed by atoms with van der Waals surface area (Å²) in [7, 11) is 0. The van der Waals surface area contributed by atoms with Crippen LogP contribution in [0.2, 0.25) is 0 Å². The smallest absolute Gasteiger partial charge is 0.388 e. The molecule has 0 bridgehead atoms. The third-order valence-corrected chi connectivity index (χ3v) is 1.43. The number of alkyl halides is 3. The van der Waals surface area contributed by atoms with Crippen LogP contribution < -0.4 is 4.74 Å². The highest BCUT2D eigenvalue weighted by Gasteiger charge is 2.31. The lowest BCUT2D eigenvalue weighted by Gasteiger charge is -2.07. The van der Waals surface area contributed by atoms with Crippen molar-refractivity contribution in [3.05, 3.63) is 23.9 Å². The third kappa shape index (κ3) is 3.31. The molecule has 0 saturated heterocycles. The Morgan fingerprint density at radius 3 is 2.69 bits per heavy atom. The molecule has 13 heavy (non-hydrogen) atoms. The molecule has 1 rings (SSSR count). The first-order valence-electron chi connectivity index (χ1n) is 3.72. The number of hydrogen-bond donors (Lipinski definition) is 0. The summed E-state index contributed by atoms with van der Waals surface area (Å²) < 4.78 is 38.8. The number of halogens is 3. The Morgan fingerprint density at radius 2 is 2.15 bits per heavy atom. The molecule has 1 aromatic rings. The van der Waals surface area contributed by atoms with E-state index in [1.165, 1.54) is 12.3 Å². The van der Waals surface area contributed by atoms with Crippen LogP contribution in [0.15, 0.2) is 18.3 Å². The second kappa shape index (κ2) is 3.64. The minimum atomic E-state index is -4.67.